The van der Waals surface area contributed by atoms with Crippen LogP contribution in [0.15, 0.2) is 36.4 Å². The normalized spacial score (nSPS) is 26.4. The average molecular weight is 676 g/mol. The topological polar surface area (TPSA) is 48.1 Å². The van der Waals surface area contributed by atoms with Gasteiger partial charge in [0.1, 0.15) is 0 Å². The zero-order chi connectivity index (χ0) is 30.1. The van der Waals surface area contributed by atoms with Crippen LogP contribution in [0.3, 0.4) is 0 Å². The van der Waals surface area contributed by atoms with Crippen molar-refractivity contribution in [3.8, 4) is 5.75 Å². The van der Waals surface area contributed by atoms with Crippen LogP contribution in [0.25, 0.3) is 0 Å². The molecular formula is C36H60O4Sn. The van der Waals surface area contributed by atoms with Gasteiger partial charge in [-0.1, -0.05) is 0 Å². The number of hydrogen-bond acceptors (Lipinski definition) is 4. The predicted octanol–water partition coefficient (Wildman–Crippen LogP) is 10.3. The quantitative estimate of drug-likeness (QED) is 0.0714. The maximum atomic E-state index is 13.0. The summed E-state index contributed by atoms with van der Waals surface area (Å²) in [4.78, 5) is 13.0. The first-order valence-corrected chi connectivity index (χ1v) is 24.8. The number of carbonyl (C=O) groups excluding carboxylic acids is 1. The molecule has 1 aliphatic carbocycles. The third kappa shape index (κ3) is 9.49. The molecule has 0 amide bonds. The van der Waals surface area contributed by atoms with Crippen molar-refractivity contribution in [1.29, 1.82) is 0 Å². The van der Waals surface area contributed by atoms with E-state index in [4.69, 9.17) is 14.2 Å². The summed E-state index contributed by atoms with van der Waals surface area (Å²) in [6.07, 6.45) is 16.5. The number of benzene rings is 1. The first kappa shape index (κ1) is 34.5. The van der Waals surface area contributed by atoms with Gasteiger partial charge in [0, 0.05) is 0 Å². The summed E-state index contributed by atoms with van der Waals surface area (Å²) in [5.74, 6) is 1.19. The van der Waals surface area contributed by atoms with E-state index in [0.717, 1.165) is 25.0 Å². The Hall–Kier alpha value is -1.01. The minimum absolute atomic E-state index is 0.0712. The van der Waals surface area contributed by atoms with Crippen molar-refractivity contribution in [3.63, 3.8) is 0 Å². The molecule has 1 aromatic carbocycles. The van der Waals surface area contributed by atoms with Gasteiger partial charge < -0.3 is 4.74 Å². The number of unbranched alkanes of at least 4 members (excludes halogenated alkanes) is 3. The molecule has 232 valence electrons. The number of epoxide rings is 1. The molecule has 1 aliphatic heterocycles. The summed E-state index contributed by atoms with van der Waals surface area (Å²) < 4.78 is 23.9. The molecule has 4 nitrogen and oxygen atoms in total. The summed E-state index contributed by atoms with van der Waals surface area (Å²) in [6, 6.07) is 8.26. The van der Waals surface area contributed by atoms with E-state index in [1.165, 1.54) is 48.5 Å². The van der Waals surface area contributed by atoms with Crippen LogP contribution in [0.4, 0.5) is 0 Å². The Morgan fingerprint density at radius 2 is 1.59 bits per heavy atom. The van der Waals surface area contributed by atoms with Crippen LogP contribution >= 0.6 is 0 Å². The van der Waals surface area contributed by atoms with E-state index in [0.29, 0.717) is 5.92 Å². The number of allylic oxidation sites excluding steroid dienone is 2. The maximum absolute atomic E-state index is 13.0. The predicted molar refractivity (Wildman–Crippen MR) is 174 cm³/mol. The molecule has 3 rings (SSSR count). The second-order valence-corrected chi connectivity index (χ2v) is 28.4. The van der Waals surface area contributed by atoms with E-state index >= 15 is 0 Å². The first-order chi connectivity index (χ1) is 19.5. The van der Waals surface area contributed by atoms with Crippen molar-refractivity contribution in [2.24, 2.45) is 16.7 Å². The summed E-state index contributed by atoms with van der Waals surface area (Å²) in [5, 5.41) is 0. The Balaban J connectivity index is 1.79. The number of methoxy groups -OCH3 is 1. The zero-order valence-corrected chi connectivity index (χ0v) is 30.5. The molecular weight excluding hydrogens is 615 g/mol. The minimum atomic E-state index is -2.23. The van der Waals surface area contributed by atoms with Gasteiger partial charge in [-0.3, -0.25) is 0 Å². The molecule has 0 bridgehead atoms. The van der Waals surface area contributed by atoms with Crippen LogP contribution in [-0.4, -0.2) is 43.7 Å². The third-order valence-electron chi connectivity index (χ3n) is 9.95. The van der Waals surface area contributed by atoms with Crippen molar-refractivity contribution < 1.29 is 19.0 Å². The molecule has 0 radical (unpaired) electrons. The molecule has 1 saturated carbocycles. The van der Waals surface area contributed by atoms with Crippen LogP contribution in [-0.2, 0) is 14.3 Å². The van der Waals surface area contributed by atoms with Crippen LogP contribution < -0.4 is 4.74 Å². The van der Waals surface area contributed by atoms with Crippen LogP contribution in [0, 0.1) is 16.7 Å². The summed E-state index contributed by atoms with van der Waals surface area (Å²) in [5.41, 5.74) is 0.578. The van der Waals surface area contributed by atoms with Crippen LogP contribution in [0.1, 0.15) is 118 Å². The summed E-state index contributed by atoms with van der Waals surface area (Å²) >= 11 is -2.23. The van der Waals surface area contributed by atoms with E-state index in [2.05, 4.69) is 52.0 Å². The molecule has 1 heterocycles. The van der Waals surface area contributed by atoms with Gasteiger partial charge in [-0.15, -0.1) is 0 Å². The number of rotatable bonds is 17. The van der Waals surface area contributed by atoms with E-state index < -0.39 is 23.8 Å². The summed E-state index contributed by atoms with van der Waals surface area (Å²) in [6.45, 7) is 15.3. The van der Waals surface area contributed by atoms with E-state index in [-0.39, 0.29) is 29.7 Å². The summed E-state index contributed by atoms with van der Waals surface area (Å²) in [7, 11) is 1.70. The fourth-order valence-corrected chi connectivity index (χ4v) is 22.1. The van der Waals surface area contributed by atoms with E-state index in [9.17, 15) is 4.79 Å². The van der Waals surface area contributed by atoms with Crippen LogP contribution in [0.2, 0.25) is 17.7 Å². The Kier molecular flexibility index (Phi) is 13.1. The molecule has 1 aromatic rings. The average Bonchev–Trinajstić information content (AvgIpc) is 3.65. The Labute approximate surface area is 256 Å². The Morgan fingerprint density at radius 1 is 1.00 bits per heavy atom. The van der Waals surface area contributed by atoms with E-state index in [1.54, 1.807) is 20.4 Å². The molecule has 2 unspecified atom stereocenters. The second-order valence-electron chi connectivity index (χ2n) is 14.3. The van der Waals surface area contributed by atoms with Gasteiger partial charge in [-0.2, -0.15) is 0 Å². The van der Waals surface area contributed by atoms with Crippen molar-refractivity contribution in [2.75, 3.05) is 7.11 Å². The number of carbonyl (C=O) groups is 1. The Bertz CT molecular complexity index is 943. The standard InChI is InChI=1S/C24H33O4.3C4H9.Sn/c1-7-8-17-11-14-20(28-22(25)23(2,3)4)24(17,5)15-19-21(27-19)16-9-12-18(26-6)13-10-16;3*1-3-4-2;/h7-10,12-13,17,19-21H,1,11,14-15H2,2-6H3;3*1,3-4H2,2H3;/b8-7+;;;;/t17-,19?,20+,21?,24+;;;;/m1..../s1. The van der Waals surface area contributed by atoms with Gasteiger partial charge in [0.2, 0.25) is 0 Å². The molecule has 0 aromatic heterocycles. The molecule has 2 fully saturated rings. The van der Waals surface area contributed by atoms with Crippen molar-refractivity contribution >= 4 is 24.3 Å². The van der Waals surface area contributed by atoms with Crippen molar-refractivity contribution in [1.82, 2.24) is 0 Å². The van der Waals surface area contributed by atoms with Gasteiger partial charge in [-0.05, 0) is 0 Å². The van der Waals surface area contributed by atoms with E-state index in [1.807, 2.05) is 32.9 Å². The van der Waals surface area contributed by atoms with Crippen molar-refractivity contribution in [3.05, 3.63) is 42.0 Å². The van der Waals surface area contributed by atoms with Gasteiger partial charge >= 0.3 is 245 Å². The SMILES string of the molecule is CCC[CH2][Sn]([CH2]/C=C/[C@@H]1CC[C@H](OC(=O)C(C)(C)C)[C@@]1(C)CC1OC1c1ccc(OC)cc1)([CH2]CCC)[CH2]CCC. The molecule has 2 aliphatic rings. The Morgan fingerprint density at radius 3 is 2.10 bits per heavy atom. The number of ether oxygens (including phenoxy) is 3. The molecule has 5 heteroatoms. The molecule has 41 heavy (non-hydrogen) atoms. The molecule has 0 N–H and O–H groups in total. The monoisotopic (exact) mass is 676 g/mol. The van der Waals surface area contributed by atoms with Gasteiger partial charge in [0.05, 0.1) is 7.11 Å². The fraction of sp³-hybridized carbons (Fsp3) is 0.750. The van der Waals surface area contributed by atoms with Gasteiger partial charge in [-0.25, -0.2) is 0 Å². The number of esters is 1. The second kappa shape index (κ2) is 15.6. The third-order valence-corrected chi connectivity index (χ3v) is 25.2. The molecule has 5 atom stereocenters. The molecule has 0 spiro atoms. The van der Waals surface area contributed by atoms with Gasteiger partial charge in [0.25, 0.3) is 0 Å². The zero-order valence-electron chi connectivity index (χ0n) is 27.6. The van der Waals surface area contributed by atoms with Gasteiger partial charge in [0.15, 0.2) is 0 Å². The first-order valence-electron chi connectivity index (χ1n) is 16.7. The van der Waals surface area contributed by atoms with Crippen molar-refractivity contribution in [2.45, 2.75) is 142 Å². The van der Waals surface area contributed by atoms with Crippen LogP contribution in [0.5, 0.6) is 5.75 Å². The molecule has 1 saturated heterocycles. The number of hydrogen-bond donors (Lipinski definition) is 0. The fourth-order valence-electron chi connectivity index (χ4n) is 6.96.